The second-order valence-corrected chi connectivity index (χ2v) is 24.8. The van der Waals surface area contributed by atoms with Crippen molar-refractivity contribution >= 4 is 94.5 Å². The molecule has 0 bridgehead atoms. The topological polar surface area (TPSA) is 543 Å². The average molecular weight is 1470 g/mol. The number of primary amides is 1. The monoisotopic (exact) mass is 1470 g/mol. The number of hydrogen-bond donors (Lipinski definition) is 16. The number of rotatable bonds is 53. The van der Waals surface area contributed by atoms with Crippen LogP contribution in [-0.4, -0.2) is 229 Å². The summed E-state index contributed by atoms with van der Waals surface area (Å²) in [5.41, 5.74) is 17.4. The molecule has 103 heavy (non-hydrogen) atoms. The molecule has 0 saturated carbocycles. The maximum absolute atomic E-state index is 13.8. The summed E-state index contributed by atoms with van der Waals surface area (Å²) in [6, 6.07) is -1.29. The van der Waals surface area contributed by atoms with Crippen LogP contribution in [0.4, 0.5) is 0 Å². The molecule has 0 spiro atoms. The van der Waals surface area contributed by atoms with Crippen LogP contribution in [0.25, 0.3) is 0 Å². The van der Waals surface area contributed by atoms with Crippen LogP contribution in [0, 0.1) is 0 Å². The van der Waals surface area contributed by atoms with Crippen molar-refractivity contribution in [2.75, 3.05) is 78.6 Å². The summed E-state index contributed by atoms with van der Waals surface area (Å²) in [5.74, 6) is -9.47. The maximum atomic E-state index is 13.8. The Labute approximate surface area is 601 Å². The number of nitrogens with zero attached hydrogens (tertiary/aromatic N) is 2. The van der Waals surface area contributed by atoms with E-state index in [9.17, 15) is 82.4 Å². The molecule has 7 atom stereocenters. The van der Waals surface area contributed by atoms with Gasteiger partial charge in [-0.2, -0.15) is 0 Å². The quantitative estimate of drug-likeness (QED) is 0.00791. The number of esters is 1. The number of methoxy groups -OCH3 is 1. The van der Waals surface area contributed by atoms with Crippen LogP contribution in [0.15, 0.2) is 41.3 Å². The SMILES string of the molecule is CCC(=O)NCCCCC(NC(=O)CCOCCOCCNC(=O)C(CCCCN)NC(=O)CC)C(=O)NC(CSc1cc(O)n(CCC(=O)NCC(NC(C)=O)C(=O)NC(CCCCNC(=O)Cc2ccc(OC(=O)CCN3C(=O)C=CC3=O)c(OC)c2)C(=O)NC(CC)C(N)O)c1O)C(N)=O. The second-order valence-electron chi connectivity index (χ2n) is 23.7. The number of unbranched alkanes of at least 4 members (excludes halogenated alkanes) is 3. The minimum Gasteiger partial charge on any atom is -0.494 e. The number of aromatic hydroxyl groups is 2. The van der Waals surface area contributed by atoms with E-state index in [-0.39, 0.29) is 150 Å². The maximum Gasteiger partial charge on any atom is 0.313 e. The molecule has 1 aromatic heterocycles. The summed E-state index contributed by atoms with van der Waals surface area (Å²) < 4.78 is 22.8. The normalized spacial score (nSPS) is 13.8. The number of benzene rings is 1. The fourth-order valence-corrected chi connectivity index (χ4v) is 10.9. The fraction of sp³-hybridized carbons (Fsp3) is 0.606. The van der Waals surface area contributed by atoms with Crippen molar-refractivity contribution in [1.82, 2.24) is 62.6 Å². The van der Waals surface area contributed by atoms with Crippen molar-refractivity contribution in [3.05, 3.63) is 42.0 Å². The Morgan fingerprint density at radius 3 is 1.77 bits per heavy atom. The lowest BCUT2D eigenvalue weighted by Crippen LogP contribution is -2.58. The first-order valence-electron chi connectivity index (χ1n) is 34.2. The van der Waals surface area contributed by atoms with Crippen molar-refractivity contribution in [1.29, 1.82) is 0 Å². The van der Waals surface area contributed by atoms with Gasteiger partial charge in [0.1, 0.15) is 36.4 Å². The van der Waals surface area contributed by atoms with Gasteiger partial charge in [-0.15, -0.1) is 11.8 Å². The highest BCUT2D eigenvalue weighted by molar-refractivity contribution is 7.99. The Bertz CT molecular complexity index is 3190. The van der Waals surface area contributed by atoms with E-state index in [4.69, 9.17) is 36.1 Å². The first-order valence-corrected chi connectivity index (χ1v) is 35.2. The van der Waals surface area contributed by atoms with Gasteiger partial charge in [-0.1, -0.05) is 26.8 Å². The number of ether oxygens (including phenoxy) is 4. The molecular formula is C66H103N15O21S. The number of carbonyl (C=O) groups excluding carboxylic acids is 14. The standard InChI is InChI=1S/C66H103N15O21S/c1-6-42(60(68)92)77-64(96)45(17-11-14-27-71-55(87)36-41-18-19-48(49(35-41)99-5)102-59(91)23-30-80-56(88)20-21-57(80)89)78-65(97)46(74-40(4)82)38-73-53(85)22-29-81-58(90)37-50(66(81)98)103-39-47(61(69)93)79-63(95)44(16-10-13-26-70-51(83)7-2)76-54(86)24-31-100-33-34-101-32-28-72-62(94)43(15-9-12-25-67)75-52(84)8-3/h18-21,35,37,42-47,60,90,92,98H,6-17,22-34,36,38-39,67-68H2,1-5H3,(H2,69,93)(H,70,83)(H,71,87)(H,72,94)(H,73,85)(H,74,82)(H,75,84)(H,76,86)(H,77,96)(H,78,97)(H,79,95). The number of carbonyl (C=O) groups is 14. The zero-order valence-electron chi connectivity index (χ0n) is 59.0. The van der Waals surface area contributed by atoms with Crippen molar-refractivity contribution in [2.24, 2.45) is 17.2 Å². The van der Waals surface area contributed by atoms with Crippen molar-refractivity contribution in [3.8, 4) is 23.3 Å². The number of aliphatic hydroxyl groups excluding tert-OH is 1. The van der Waals surface area contributed by atoms with E-state index >= 15 is 0 Å². The van der Waals surface area contributed by atoms with E-state index in [2.05, 4.69) is 53.2 Å². The highest BCUT2D eigenvalue weighted by Gasteiger charge is 2.31. The molecule has 1 aromatic carbocycles. The number of imide groups is 1. The number of thioether (sulfide) groups is 1. The molecule has 37 heteroatoms. The second kappa shape index (κ2) is 48.5. The summed E-state index contributed by atoms with van der Waals surface area (Å²) in [6.07, 6.45) is 3.70. The van der Waals surface area contributed by atoms with Crippen LogP contribution in [0.1, 0.15) is 130 Å². The molecular weight excluding hydrogens is 1370 g/mol. The summed E-state index contributed by atoms with van der Waals surface area (Å²) in [5, 5.41) is 58.4. The van der Waals surface area contributed by atoms with Gasteiger partial charge in [0, 0.05) is 95.8 Å². The van der Waals surface area contributed by atoms with E-state index in [1.807, 2.05) is 0 Å². The van der Waals surface area contributed by atoms with E-state index in [0.29, 0.717) is 57.2 Å². The molecule has 19 N–H and O–H groups in total. The van der Waals surface area contributed by atoms with Gasteiger partial charge in [-0.05, 0) is 88.4 Å². The van der Waals surface area contributed by atoms with Gasteiger partial charge in [-0.25, -0.2) is 0 Å². The van der Waals surface area contributed by atoms with Crippen LogP contribution in [0.5, 0.6) is 23.3 Å². The van der Waals surface area contributed by atoms with Gasteiger partial charge in [0.15, 0.2) is 17.4 Å². The zero-order valence-corrected chi connectivity index (χ0v) is 59.8. The lowest BCUT2D eigenvalue weighted by Gasteiger charge is -2.26. The number of hydrogen-bond acceptors (Lipinski definition) is 24. The van der Waals surface area contributed by atoms with Crippen LogP contribution in [0.3, 0.4) is 0 Å². The number of aromatic nitrogens is 1. The smallest absolute Gasteiger partial charge is 0.313 e. The number of aliphatic hydroxyl groups is 1. The predicted octanol–water partition coefficient (Wildman–Crippen LogP) is -2.87. The van der Waals surface area contributed by atoms with Gasteiger partial charge in [-0.3, -0.25) is 76.6 Å². The molecule has 0 aliphatic carbocycles. The van der Waals surface area contributed by atoms with Crippen molar-refractivity contribution in [3.63, 3.8) is 0 Å². The van der Waals surface area contributed by atoms with Gasteiger partial charge in [0.25, 0.3) is 11.8 Å². The Morgan fingerprint density at radius 1 is 0.583 bits per heavy atom. The minimum atomic E-state index is -1.47. The fourth-order valence-electron chi connectivity index (χ4n) is 9.85. The minimum absolute atomic E-state index is 0.0121. The first kappa shape index (κ1) is 87.8. The molecule has 1 aliphatic rings. The molecule has 2 aromatic rings. The van der Waals surface area contributed by atoms with Crippen molar-refractivity contribution < 1.29 is 101 Å². The molecule has 0 fully saturated rings. The molecule has 13 amide bonds. The van der Waals surface area contributed by atoms with Gasteiger partial charge in [0.2, 0.25) is 70.9 Å². The molecule has 574 valence electrons. The van der Waals surface area contributed by atoms with E-state index in [1.165, 1.54) is 19.2 Å². The summed E-state index contributed by atoms with van der Waals surface area (Å²) >= 11 is 0.816. The van der Waals surface area contributed by atoms with E-state index in [0.717, 1.165) is 46.4 Å². The third-order valence-electron chi connectivity index (χ3n) is 15.7. The molecule has 7 unspecified atom stereocenters. The Morgan fingerprint density at radius 2 is 1.17 bits per heavy atom. The number of amides is 13. The van der Waals surface area contributed by atoms with Crippen LogP contribution in [-0.2, 0) is 89.6 Å². The summed E-state index contributed by atoms with van der Waals surface area (Å²) in [6.45, 7) is 6.51. The Hall–Kier alpha value is -9.43. The summed E-state index contributed by atoms with van der Waals surface area (Å²) in [4.78, 5) is 179. The number of nitrogens with one attached hydrogen (secondary N) is 10. The largest absolute Gasteiger partial charge is 0.494 e. The van der Waals surface area contributed by atoms with Crippen LogP contribution < -0.4 is 79.8 Å². The Kier molecular flexibility index (Phi) is 41.3. The highest BCUT2D eigenvalue weighted by atomic mass is 32.2. The molecule has 3 rings (SSSR count). The number of nitrogens with two attached hydrogens (primary N) is 3. The van der Waals surface area contributed by atoms with E-state index in [1.54, 1.807) is 26.8 Å². The predicted molar refractivity (Wildman–Crippen MR) is 372 cm³/mol. The molecule has 2 heterocycles. The highest BCUT2D eigenvalue weighted by Crippen LogP contribution is 2.36. The third kappa shape index (κ3) is 33.9. The van der Waals surface area contributed by atoms with Crippen molar-refractivity contribution in [2.45, 2.75) is 184 Å². The van der Waals surface area contributed by atoms with Gasteiger partial charge in [0.05, 0.1) is 57.3 Å². The molecule has 36 nitrogen and oxygen atoms in total. The lowest BCUT2D eigenvalue weighted by atomic mass is 10.1. The first-order chi connectivity index (χ1) is 49.1. The average Bonchev–Trinajstić information content (AvgIpc) is 1.81. The summed E-state index contributed by atoms with van der Waals surface area (Å²) in [7, 11) is 1.33. The van der Waals surface area contributed by atoms with Crippen LogP contribution >= 0.6 is 11.8 Å². The molecule has 1 aliphatic heterocycles. The van der Waals surface area contributed by atoms with Gasteiger partial charge < -0.3 is 105 Å². The van der Waals surface area contributed by atoms with E-state index < -0.39 is 132 Å². The van der Waals surface area contributed by atoms with Crippen LogP contribution in [0.2, 0.25) is 0 Å². The lowest BCUT2D eigenvalue weighted by molar-refractivity contribution is -0.139. The third-order valence-corrected chi connectivity index (χ3v) is 16.8. The van der Waals surface area contributed by atoms with Gasteiger partial charge >= 0.3 is 5.97 Å². The Balaban J connectivity index is 1.55. The molecule has 0 saturated heterocycles. The zero-order chi connectivity index (χ0) is 76.4. The molecule has 0 radical (unpaired) electrons.